The summed E-state index contributed by atoms with van der Waals surface area (Å²) in [5.74, 6) is 1.31. The highest BCUT2D eigenvalue weighted by atomic mass is 16.5. The fraction of sp³-hybridized carbons (Fsp3) is 0.600. The second kappa shape index (κ2) is 7.87. The van der Waals surface area contributed by atoms with E-state index in [1.54, 1.807) is 13.4 Å². The second-order valence-electron chi connectivity index (χ2n) is 5.28. The van der Waals surface area contributed by atoms with Gasteiger partial charge in [-0.15, -0.1) is 0 Å². The average Bonchev–Trinajstić information content (AvgIpc) is 2.95. The van der Waals surface area contributed by atoms with Crippen LogP contribution in [0.2, 0.25) is 0 Å². The Morgan fingerprint density at radius 3 is 2.87 bits per heavy atom. The van der Waals surface area contributed by atoms with E-state index in [2.05, 4.69) is 32.5 Å². The number of hydrogen-bond donors (Lipinski definition) is 2. The molecular weight excluding hydrogens is 296 g/mol. The molecule has 2 rings (SSSR count). The molecule has 1 unspecified atom stereocenters. The molecule has 0 radical (unpaired) electrons. The summed E-state index contributed by atoms with van der Waals surface area (Å²) in [6.45, 7) is 5.38. The van der Waals surface area contributed by atoms with Crippen LogP contribution in [0.5, 0.6) is 0 Å². The highest BCUT2D eigenvalue weighted by molar-refractivity contribution is 5.83. The van der Waals surface area contributed by atoms with E-state index in [0.29, 0.717) is 18.8 Å². The molecule has 0 aliphatic carbocycles. The molecule has 126 valence electrons. The lowest BCUT2D eigenvalue weighted by atomic mass is 10.2. The highest BCUT2D eigenvalue weighted by Crippen LogP contribution is 2.19. The third-order valence-electron chi connectivity index (χ3n) is 3.57. The maximum absolute atomic E-state index is 11.7. The number of nitrogens with one attached hydrogen (secondary N) is 2. The van der Waals surface area contributed by atoms with Crippen LogP contribution < -0.4 is 10.6 Å². The minimum atomic E-state index is -0.488. The summed E-state index contributed by atoms with van der Waals surface area (Å²) in [7, 11) is 3.13. The van der Waals surface area contributed by atoms with Gasteiger partial charge in [-0.1, -0.05) is 6.92 Å². The summed E-state index contributed by atoms with van der Waals surface area (Å²) in [6.07, 6.45) is 2.79. The number of hydrogen-bond acceptors (Lipinski definition) is 6. The third-order valence-corrected chi connectivity index (χ3v) is 3.57. The summed E-state index contributed by atoms with van der Waals surface area (Å²) < 4.78 is 7.15. The van der Waals surface area contributed by atoms with Crippen molar-refractivity contribution in [1.82, 2.24) is 24.8 Å². The van der Waals surface area contributed by atoms with Crippen LogP contribution in [0.4, 0.5) is 5.82 Å². The Balaban J connectivity index is 2.21. The predicted octanol–water partition coefficient (Wildman–Crippen LogP) is 1.11. The monoisotopic (exact) mass is 320 g/mol. The average molecular weight is 320 g/mol. The fourth-order valence-electron chi connectivity index (χ4n) is 2.36. The molecular formula is C15H24N6O2. The molecule has 0 aliphatic heterocycles. The molecule has 8 nitrogen and oxygen atoms in total. The lowest BCUT2D eigenvalue weighted by Gasteiger charge is -2.14. The quantitative estimate of drug-likeness (QED) is 0.756. The lowest BCUT2D eigenvalue weighted by molar-refractivity contribution is -0.131. The van der Waals surface area contributed by atoms with E-state index in [9.17, 15) is 4.79 Å². The first-order valence-corrected chi connectivity index (χ1v) is 7.78. The Bertz CT molecular complexity index is 669. The van der Waals surface area contributed by atoms with Crippen LogP contribution in [-0.4, -0.2) is 52.2 Å². The van der Waals surface area contributed by atoms with Crippen LogP contribution in [-0.2, 0) is 16.1 Å². The van der Waals surface area contributed by atoms with Gasteiger partial charge >= 0.3 is 0 Å². The first-order chi connectivity index (χ1) is 11.1. The van der Waals surface area contributed by atoms with Crippen molar-refractivity contribution >= 4 is 22.9 Å². The maximum atomic E-state index is 11.7. The molecule has 2 aromatic rings. The van der Waals surface area contributed by atoms with Gasteiger partial charge < -0.3 is 19.9 Å². The van der Waals surface area contributed by atoms with Crippen LogP contribution in [0, 0.1) is 6.92 Å². The summed E-state index contributed by atoms with van der Waals surface area (Å²) in [5, 5.41) is 5.88. The number of nitrogens with zero attached hydrogens (tertiary/aromatic N) is 4. The lowest BCUT2D eigenvalue weighted by Crippen LogP contribution is -2.34. The fourth-order valence-corrected chi connectivity index (χ4v) is 2.36. The van der Waals surface area contributed by atoms with Gasteiger partial charge in [0, 0.05) is 33.7 Å². The standard InChI is InChI=1S/C15H24N6O2/c1-5-7-17-13-12-14(20-10(2)19-13)21(9-18-12)8-6-11(23-4)15(22)16-3/h9,11H,5-8H2,1-4H3,(H,16,22)(H,17,19,20). The van der Waals surface area contributed by atoms with Gasteiger partial charge in [-0.25, -0.2) is 15.0 Å². The SMILES string of the molecule is CCCNc1nc(C)nc2c1ncn2CCC(OC)C(=O)NC. The number of rotatable bonds is 8. The molecule has 23 heavy (non-hydrogen) atoms. The molecule has 0 spiro atoms. The number of carbonyl (C=O) groups excluding carboxylic acids is 1. The molecule has 0 aromatic carbocycles. The molecule has 0 fully saturated rings. The van der Waals surface area contributed by atoms with E-state index < -0.39 is 6.10 Å². The van der Waals surface area contributed by atoms with Crippen molar-refractivity contribution in [3.8, 4) is 0 Å². The molecule has 2 N–H and O–H groups in total. The van der Waals surface area contributed by atoms with Gasteiger partial charge in [-0.2, -0.15) is 0 Å². The van der Waals surface area contributed by atoms with Crippen LogP contribution >= 0.6 is 0 Å². The van der Waals surface area contributed by atoms with Crippen molar-refractivity contribution < 1.29 is 9.53 Å². The number of aromatic nitrogens is 4. The summed E-state index contributed by atoms with van der Waals surface area (Å²) >= 11 is 0. The number of imidazole rings is 1. The number of ether oxygens (including phenoxy) is 1. The minimum absolute atomic E-state index is 0.131. The van der Waals surface area contributed by atoms with Gasteiger partial charge in [-0.05, 0) is 13.3 Å². The molecule has 2 heterocycles. The first-order valence-electron chi connectivity index (χ1n) is 7.78. The van der Waals surface area contributed by atoms with Gasteiger partial charge in [0.25, 0.3) is 0 Å². The smallest absolute Gasteiger partial charge is 0.248 e. The molecule has 0 bridgehead atoms. The highest BCUT2D eigenvalue weighted by Gasteiger charge is 2.17. The Morgan fingerprint density at radius 2 is 2.22 bits per heavy atom. The summed E-state index contributed by atoms with van der Waals surface area (Å²) in [4.78, 5) is 25.0. The van der Waals surface area contributed by atoms with E-state index in [1.165, 1.54) is 7.11 Å². The zero-order chi connectivity index (χ0) is 16.8. The van der Waals surface area contributed by atoms with Gasteiger partial charge in [0.1, 0.15) is 17.4 Å². The number of carbonyl (C=O) groups is 1. The molecule has 0 aliphatic rings. The molecule has 8 heteroatoms. The van der Waals surface area contributed by atoms with Crippen LogP contribution in [0.15, 0.2) is 6.33 Å². The molecule has 1 atom stereocenters. The molecule has 0 saturated carbocycles. The van der Waals surface area contributed by atoms with Gasteiger partial charge in [0.05, 0.1) is 6.33 Å². The van der Waals surface area contributed by atoms with Crippen molar-refractivity contribution in [3.05, 3.63) is 12.2 Å². The number of fused-ring (bicyclic) bond motifs is 1. The maximum Gasteiger partial charge on any atom is 0.248 e. The van der Waals surface area contributed by atoms with Crippen molar-refractivity contribution in [1.29, 1.82) is 0 Å². The van der Waals surface area contributed by atoms with Crippen LogP contribution in [0.25, 0.3) is 11.2 Å². The van der Waals surface area contributed by atoms with E-state index in [4.69, 9.17) is 4.74 Å². The first kappa shape index (κ1) is 17.1. The normalized spacial score (nSPS) is 12.3. The number of methoxy groups -OCH3 is 1. The van der Waals surface area contributed by atoms with Gasteiger partial charge in [0.15, 0.2) is 11.5 Å². The Kier molecular flexibility index (Phi) is 5.86. The Hall–Kier alpha value is -2.22. The Morgan fingerprint density at radius 1 is 1.43 bits per heavy atom. The minimum Gasteiger partial charge on any atom is -0.372 e. The van der Waals surface area contributed by atoms with Crippen LogP contribution in [0.1, 0.15) is 25.6 Å². The van der Waals surface area contributed by atoms with E-state index in [-0.39, 0.29) is 5.91 Å². The zero-order valence-electron chi connectivity index (χ0n) is 14.1. The summed E-state index contributed by atoms with van der Waals surface area (Å²) in [6, 6.07) is 0. The third kappa shape index (κ3) is 3.95. The van der Waals surface area contributed by atoms with Crippen molar-refractivity contribution in [2.45, 2.75) is 39.3 Å². The van der Waals surface area contributed by atoms with Gasteiger partial charge in [0.2, 0.25) is 5.91 Å². The topological polar surface area (TPSA) is 94.0 Å². The van der Waals surface area contributed by atoms with E-state index in [0.717, 1.165) is 29.9 Å². The van der Waals surface area contributed by atoms with Crippen molar-refractivity contribution in [2.75, 3.05) is 26.0 Å². The summed E-state index contributed by atoms with van der Waals surface area (Å²) in [5.41, 5.74) is 1.51. The van der Waals surface area contributed by atoms with Crippen molar-refractivity contribution in [3.63, 3.8) is 0 Å². The van der Waals surface area contributed by atoms with E-state index >= 15 is 0 Å². The largest absolute Gasteiger partial charge is 0.372 e. The number of aryl methyl sites for hydroxylation is 2. The molecule has 2 aromatic heterocycles. The van der Waals surface area contributed by atoms with Crippen molar-refractivity contribution in [2.24, 2.45) is 0 Å². The molecule has 0 saturated heterocycles. The number of anilines is 1. The molecule has 1 amide bonds. The van der Waals surface area contributed by atoms with Crippen LogP contribution in [0.3, 0.4) is 0 Å². The number of likely N-dealkylation sites (N-methyl/N-ethyl adjacent to an activating group) is 1. The number of amides is 1. The van der Waals surface area contributed by atoms with Gasteiger partial charge in [-0.3, -0.25) is 4.79 Å². The predicted molar refractivity (Wildman–Crippen MR) is 88.3 cm³/mol. The zero-order valence-corrected chi connectivity index (χ0v) is 14.1. The van der Waals surface area contributed by atoms with E-state index in [1.807, 2.05) is 11.5 Å². The second-order valence-corrected chi connectivity index (χ2v) is 5.28. The Labute approximate surface area is 135 Å².